The summed E-state index contributed by atoms with van der Waals surface area (Å²) in [6.07, 6.45) is 0.757. The molecule has 6 heteroatoms. The molecule has 0 bridgehead atoms. The summed E-state index contributed by atoms with van der Waals surface area (Å²) in [7, 11) is 1.52. The summed E-state index contributed by atoms with van der Waals surface area (Å²) in [6.45, 7) is 0.301. The number of carbonyl (C=O) groups is 1. The zero-order valence-electron chi connectivity index (χ0n) is 9.32. The maximum Gasteiger partial charge on any atom is 0.219 e. The standard InChI is InChI=1S/C11H13F3N2O/c1-15-11(17)3-2-4-16-10-6-8(13)7(12)5-9(10)14/h5-6,16H,2-4H2,1H3,(H,15,17). The second-order valence-corrected chi connectivity index (χ2v) is 3.45. The number of anilines is 1. The Labute approximate surface area is 97.0 Å². The van der Waals surface area contributed by atoms with E-state index in [1.54, 1.807) is 0 Å². The van der Waals surface area contributed by atoms with Crippen LogP contribution in [-0.4, -0.2) is 19.5 Å². The molecule has 1 rings (SSSR count). The van der Waals surface area contributed by atoms with Crippen LogP contribution < -0.4 is 10.6 Å². The zero-order valence-corrected chi connectivity index (χ0v) is 9.32. The van der Waals surface area contributed by atoms with Gasteiger partial charge in [0, 0.05) is 32.1 Å². The highest BCUT2D eigenvalue weighted by Crippen LogP contribution is 2.18. The molecule has 0 unspecified atom stereocenters. The third kappa shape index (κ3) is 3.97. The van der Waals surface area contributed by atoms with E-state index in [0.717, 1.165) is 6.07 Å². The quantitative estimate of drug-likeness (QED) is 0.616. The summed E-state index contributed by atoms with van der Waals surface area (Å²) in [6, 6.07) is 1.24. The van der Waals surface area contributed by atoms with Crippen molar-refractivity contribution < 1.29 is 18.0 Å². The topological polar surface area (TPSA) is 41.1 Å². The molecule has 0 aliphatic heterocycles. The first kappa shape index (κ1) is 13.3. The Kier molecular flexibility index (Phi) is 4.81. The van der Waals surface area contributed by atoms with Crippen LogP contribution >= 0.6 is 0 Å². The number of amides is 1. The van der Waals surface area contributed by atoms with Gasteiger partial charge in [0.05, 0.1) is 5.69 Å². The number of hydrogen-bond donors (Lipinski definition) is 2. The Morgan fingerprint density at radius 1 is 1.18 bits per heavy atom. The average molecular weight is 246 g/mol. The third-order valence-electron chi connectivity index (χ3n) is 2.18. The van der Waals surface area contributed by atoms with E-state index < -0.39 is 17.5 Å². The molecule has 2 N–H and O–H groups in total. The summed E-state index contributed by atoms with van der Waals surface area (Å²) in [5, 5.41) is 5.04. The second kappa shape index (κ2) is 6.12. The van der Waals surface area contributed by atoms with Crippen molar-refractivity contribution >= 4 is 11.6 Å². The van der Waals surface area contributed by atoms with Crippen molar-refractivity contribution in [3.05, 3.63) is 29.6 Å². The number of rotatable bonds is 5. The van der Waals surface area contributed by atoms with E-state index in [-0.39, 0.29) is 18.0 Å². The average Bonchev–Trinajstić information content (AvgIpc) is 2.30. The molecule has 3 nitrogen and oxygen atoms in total. The van der Waals surface area contributed by atoms with E-state index in [1.807, 2.05) is 0 Å². The van der Waals surface area contributed by atoms with Gasteiger partial charge in [-0.1, -0.05) is 0 Å². The molecule has 0 aliphatic carbocycles. The molecule has 17 heavy (non-hydrogen) atoms. The lowest BCUT2D eigenvalue weighted by atomic mass is 10.2. The molecule has 0 saturated carbocycles. The Morgan fingerprint density at radius 2 is 1.82 bits per heavy atom. The highest BCUT2D eigenvalue weighted by molar-refractivity contribution is 5.75. The first-order valence-electron chi connectivity index (χ1n) is 5.13. The highest BCUT2D eigenvalue weighted by Gasteiger charge is 2.09. The van der Waals surface area contributed by atoms with Crippen molar-refractivity contribution in [1.29, 1.82) is 0 Å². The van der Waals surface area contributed by atoms with Gasteiger partial charge < -0.3 is 10.6 Å². The first-order chi connectivity index (χ1) is 8.04. The largest absolute Gasteiger partial charge is 0.383 e. The van der Waals surface area contributed by atoms with Gasteiger partial charge in [0.15, 0.2) is 11.6 Å². The van der Waals surface area contributed by atoms with Crippen LogP contribution in [0.5, 0.6) is 0 Å². The minimum atomic E-state index is -1.22. The molecule has 0 fully saturated rings. The number of nitrogens with one attached hydrogen (secondary N) is 2. The minimum absolute atomic E-state index is 0.110. The van der Waals surface area contributed by atoms with E-state index >= 15 is 0 Å². The lowest BCUT2D eigenvalue weighted by Crippen LogP contribution is -2.18. The van der Waals surface area contributed by atoms with Crippen LogP contribution in [0.4, 0.5) is 18.9 Å². The predicted molar refractivity (Wildman–Crippen MR) is 58.1 cm³/mol. The summed E-state index contributed by atoms with van der Waals surface area (Å²) in [5.41, 5.74) is -0.110. The normalized spacial score (nSPS) is 10.1. The van der Waals surface area contributed by atoms with Crippen molar-refractivity contribution in [2.24, 2.45) is 0 Å². The van der Waals surface area contributed by atoms with Gasteiger partial charge in [-0.25, -0.2) is 13.2 Å². The molecule has 0 aliphatic rings. The van der Waals surface area contributed by atoms with Crippen molar-refractivity contribution in [1.82, 2.24) is 5.32 Å². The molecule has 1 amide bonds. The lowest BCUT2D eigenvalue weighted by Gasteiger charge is -2.07. The van der Waals surface area contributed by atoms with Crippen LogP contribution in [0.15, 0.2) is 12.1 Å². The van der Waals surface area contributed by atoms with Gasteiger partial charge in [-0.15, -0.1) is 0 Å². The minimum Gasteiger partial charge on any atom is -0.383 e. The number of carbonyl (C=O) groups excluding carboxylic acids is 1. The number of halogens is 3. The second-order valence-electron chi connectivity index (χ2n) is 3.45. The van der Waals surface area contributed by atoms with Crippen molar-refractivity contribution in [2.75, 3.05) is 18.9 Å². The first-order valence-corrected chi connectivity index (χ1v) is 5.13. The maximum absolute atomic E-state index is 13.1. The van der Waals surface area contributed by atoms with E-state index in [2.05, 4.69) is 10.6 Å². The van der Waals surface area contributed by atoms with Crippen molar-refractivity contribution in [2.45, 2.75) is 12.8 Å². The molecule has 0 radical (unpaired) electrons. The molecule has 1 aromatic rings. The Hall–Kier alpha value is -1.72. The van der Waals surface area contributed by atoms with E-state index in [0.29, 0.717) is 19.0 Å². The highest BCUT2D eigenvalue weighted by atomic mass is 19.2. The van der Waals surface area contributed by atoms with Gasteiger partial charge in [0.1, 0.15) is 5.82 Å². The molecule has 0 heterocycles. The summed E-state index contributed by atoms with van der Waals surface area (Å²) in [5.74, 6) is -3.32. The Balaban J connectivity index is 2.47. The fraction of sp³-hybridized carbons (Fsp3) is 0.364. The Bertz CT molecular complexity index is 410. The molecule has 0 spiro atoms. The molecule has 0 aromatic heterocycles. The molecular weight excluding hydrogens is 233 g/mol. The fourth-order valence-corrected chi connectivity index (χ4v) is 1.26. The van der Waals surface area contributed by atoms with E-state index in [9.17, 15) is 18.0 Å². The predicted octanol–water partition coefficient (Wildman–Crippen LogP) is 2.04. The molecule has 1 aromatic carbocycles. The van der Waals surface area contributed by atoms with Crippen molar-refractivity contribution in [3.8, 4) is 0 Å². The lowest BCUT2D eigenvalue weighted by molar-refractivity contribution is -0.120. The van der Waals surface area contributed by atoms with Crippen LogP contribution in [-0.2, 0) is 4.79 Å². The van der Waals surface area contributed by atoms with Gasteiger partial charge in [-0.3, -0.25) is 4.79 Å². The van der Waals surface area contributed by atoms with Gasteiger partial charge in [0.2, 0.25) is 5.91 Å². The molecule has 0 atom stereocenters. The summed E-state index contributed by atoms with van der Waals surface area (Å²) in [4.78, 5) is 10.9. The molecule has 0 saturated heterocycles. The molecule has 94 valence electrons. The van der Waals surface area contributed by atoms with Crippen LogP contribution in [0.1, 0.15) is 12.8 Å². The van der Waals surface area contributed by atoms with Crippen LogP contribution in [0, 0.1) is 17.5 Å². The van der Waals surface area contributed by atoms with E-state index in [1.165, 1.54) is 7.05 Å². The molecular formula is C11H13F3N2O. The maximum atomic E-state index is 13.1. The summed E-state index contributed by atoms with van der Waals surface area (Å²) < 4.78 is 38.5. The van der Waals surface area contributed by atoms with Gasteiger partial charge >= 0.3 is 0 Å². The number of benzene rings is 1. The van der Waals surface area contributed by atoms with Crippen LogP contribution in [0.2, 0.25) is 0 Å². The monoisotopic (exact) mass is 246 g/mol. The van der Waals surface area contributed by atoms with Gasteiger partial charge in [0.25, 0.3) is 0 Å². The SMILES string of the molecule is CNC(=O)CCCNc1cc(F)c(F)cc1F. The van der Waals surface area contributed by atoms with E-state index in [4.69, 9.17) is 0 Å². The van der Waals surface area contributed by atoms with Crippen LogP contribution in [0.25, 0.3) is 0 Å². The smallest absolute Gasteiger partial charge is 0.219 e. The van der Waals surface area contributed by atoms with Gasteiger partial charge in [-0.05, 0) is 6.42 Å². The third-order valence-corrected chi connectivity index (χ3v) is 2.18. The summed E-state index contributed by atoms with van der Waals surface area (Å²) >= 11 is 0. The number of hydrogen-bond acceptors (Lipinski definition) is 2. The zero-order chi connectivity index (χ0) is 12.8. The Morgan fingerprint density at radius 3 is 2.47 bits per heavy atom. The van der Waals surface area contributed by atoms with Crippen LogP contribution in [0.3, 0.4) is 0 Å². The van der Waals surface area contributed by atoms with Crippen molar-refractivity contribution in [3.63, 3.8) is 0 Å². The van der Waals surface area contributed by atoms with Gasteiger partial charge in [-0.2, -0.15) is 0 Å². The fourth-order valence-electron chi connectivity index (χ4n) is 1.26.